The van der Waals surface area contributed by atoms with Crippen LogP contribution in [0.15, 0.2) is 48.5 Å². The van der Waals surface area contributed by atoms with Crippen LogP contribution in [0.25, 0.3) is 17.1 Å². The third-order valence-corrected chi connectivity index (χ3v) is 4.27. The van der Waals surface area contributed by atoms with Crippen LogP contribution in [0.3, 0.4) is 0 Å². The number of ether oxygens (including phenoxy) is 2. The molecule has 0 saturated heterocycles. The molecule has 1 aliphatic heterocycles. The van der Waals surface area contributed by atoms with Crippen molar-refractivity contribution in [2.45, 2.75) is 6.04 Å². The lowest BCUT2D eigenvalue weighted by molar-refractivity contribution is -0.124. The van der Waals surface area contributed by atoms with E-state index in [1.54, 1.807) is 30.3 Å². The predicted octanol–water partition coefficient (Wildman–Crippen LogP) is 1.42. The second-order valence-electron chi connectivity index (χ2n) is 6.28. The number of H-pyrrole nitrogens is 1. The average Bonchev–Trinajstić information content (AvgIpc) is 3.35. The number of anilines is 1. The summed E-state index contributed by atoms with van der Waals surface area (Å²) in [5, 5.41) is 14.5. The molecule has 1 atom stereocenters. The minimum atomic E-state index is -1.13. The lowest BCUT2D eigenvalue weighted by Crippen LogP contribution is -2.45. The number of fused-ring (bicyclic) bond motifs is 2. The van der Waals surface area contributed by atoms with Crippen LogP contribution in [0.1, 0.15) is 5.56 Å². The fraction of sp³-hybridized carbons (Fsp3) is 0.150. The van der Waals surface area contributed by atoms with Gasteiger partial charge in [-0.1, -0.05) is 18.2 Å². The highest BCUT2D eigenvalue weighted by atomic mass is 16.7. The number of benzene rings is 2. The van der Waals surface area contributed by atoms with Gasteiger partial charge in [0.25, 0.3) is 5.91 Å². The van der Waals surface area contributed by atoms with Gasteiger partial charge in [-0.15, -0.1) is 0 Å². The molecule has 0 saturated carbocycles. The summed E-state index contributed by atoms with van der Waals surface area (Å²) in [5.74, 6) is 0.373. The van der Waals surface area contributed by atoms with Crippen molar-refractivity contribution in [1.82, 2.24) is 15.3 Å². The maximum atomic E-state index is 12.4. The van der Waals surface area contributed by atoms with E-state index in [0.29, 0.717) is 17.0 Å². The summed E-state index contributed by atoms with van der Waals surface area (Å²) in [5.41, 5.74) is 2.19. The van der Waals surface area contributed by atoms with Gasteiger partial charge in [-0.3, -0.25) is 14.9 Å². The molecule has 2 amide bonds. The van der Waals surface area contributed by atoms with Gasteiger partial charge in [-0.25, -0.2) is 4.98 Å². The SMILES string of the molecule is O=C(C=Cc1ccc2c(c1)OCO2)NC(CO)C(=O)Nc1nc2ccccc2[nH]1. The fourth-order valence-electron chi connectivity index (χ4n) is 2.82. The van der Waals surface area contributed by atoms with Gasteiger partial charge in [0.05, 0.1) is 17.6 Å². The summed E-state index contributed by atoms with van der Waals surface area (Å²) in [4.78, 5) is 31.7. The Labute approximate surface area is 165 Å². The summed E-state index contributed by atoms with van der Waals surface area (Å²) in [6.45, 7) is -0.392. The predicted molar refractivity (Wildman–Crippen MR) is 105 cm³/mol. The van der Waals surface area contributed by atoms with E-state index in [4.69, 9.17) is 9.47 Å². The molecule has 0 radical (unpaired) electrons. The van der Waals surface area contributed by atoms with Crippen LogP contribution >= 0.6 is 0 Å². The van der Waals surface area contributed by atoms with Crippen LogP contribution in [0.5, 0.6) is 11.5 Å². The van der Waals surface area contributed by atoms with Crippen molar-refractivity contribution < 1.29 is 24.2 Å². The lowest BCUT2D eigenvalue weighted by Gasteiger charge is -2.13. The van der Waals surface area contributed by atoms with E-state index in [0.717, 1.165) is 11.1 Å². The number of aliphatic hydroxyl groups is 1. The summed E-state index contributed by atoms with van der Waals surface area (Å²) >= 11 is 0. The smallest absolute Gasteiger partial charge is 0.251 e. The third kappa shape index (κ3) is 4.19. The summed E-state index contributed by atoms with van der Waals surface area (Å²) in [7, 11) is 0. The molecule has 148 valence electrons. The topological polar surface area (TPSA) is 126 Å². The number of aliphatic hydroxyl groups excluding tert-OH is 1. The Kier molecular flexibility index (Phi) is 5.12. The third-order valence-electron chi connectivity index (χ3n) is 4.27. The zero-order valence-electron chi connectivity index (χ0n) is 15.2. The first kappa shape index (κ1) is 18.5. The monoisotopic (exact) mass is 394 g/mol. The largest absolute Gasteiger partial charge is 0.454 e. The molecule has 29 heavy (non-hydrogen) atoms. The Balaban J connectivity index is 1.37. The number of aromatic nitrogens is 2. The zero-order valence-corrected chi connectivity index (χ0v) is 15.2. The Hall–Kier alpha value is -3.85. The first-order chi connectivity index (χ1) is 14.1. The van der Waals surface area contributed by atoms with Gasteiger partial charge < -0.3 is 24.9 Å². The highest BCUT2D eigenvalue weighted by Gasteiger charge is 2.20. The Morgan fingerprint density at radius 1 is 1.21 bits per heavy atom. The molecule has 1 aliphatic rings. The van der Waals surface area contributed by atoms with E-state index in [1.165, 1.54) is 6.08 Å². The molecule has 0 bridgehead atoms. The van der Waals surface area contributed by atoms with Gasteiger partial charge in [0.15, 0.2) is 11.5 Å². The van der Waals surface area contributed by atoms with Gasteiger partial charge in [-0.05, 0) is 35.9 Å². The highest BCUT2D eigenvalue weighted by molar-refractivity contribution is 6.00. The van der Waals surface area contributed by atoms with Crippen LogP contribution in [0.2, 0.25) is 0 Å². The lowest BCUT2D eigenvalue weighted by atomic mass is 10.2. The van der Waals surface area contributed by atoms with E-state index in [1.807, 2.05) is 18.2 Å². The molecule has 9 heteroatoms. The van der Waals surface area contributed by atoms with E-state index in [2.05, 4.69) is 20.6 Å². The van der Waals surface area contributed by atoms with Crippen molar-refractivity contribution in [2.75, 3.05) is 18.7 Å². The molecule has 2 heterocycles. The van der Waals surface area contributed by atoms with E-state index in [9.17, 15) is 14.7 Å². The number of para-hydroxylation sites is 2. The quantitative estimate of drug-likeness (QED) is 0.469. The number of amides is 2. The number of carbonyl (C=O) groups excluding carboxylic acids is 2. The van der Waals surface area contributed by atoms with Crippen LogP contribution in [-0.4, -0.2) is 46.3 Å². The maximum absolute atomic E-state index is 12.4. The second kappa shape index (κ2) is 8.03. The first-order valence-electron chi connectivity index (χ1n) is 8.87. The molecule has 1 unspecified atom stereocenters. The average molecular weight is 394 g/mol. The zero-order chi connectivity index (χ0) is 20.2. The standard InChI is InChI=1S/C20H18N4O5/c25-10-15(19(27)24-20-22-13-3-1-2-4-14(13)23-20)21-18(26)8-6-12-5-7-16-17(9-12)29-11-28-16/h1-9,15,25H,10-11H2,(H,21,26)(H2,22,23,24,27). The molecule has 4 rings (SSSR count). The number of imidazole rings is 1. The van der Waals surface area contributed by atoms with Gasteiger partial charge in [0.1, 0.15) is 6.04 Å². The number of rotatable bonds is 6. The van der Waals surface area contributed by atoms with Gasteiger partial charge in [0.2, 0.25) is 18.6 Å². The van der Waals surface area contributed by atoms with Crippen molar-refractivity contribution >= 4 is 34.9 Å². The van der Waals surface area contributed by atoms with E-state index < -0.39 is 24.5 Å². The number of nitrogens with one attached hydrogen (secondary N) is 3. The highest BCUT2D eigenvalue weighted by Crippen LogP contribution is 2.32. The van der Waals surface area contributed by atoms with Gasteiger partial charge in [-0.2, -0.15) is 0 Å². The Morgan fingerprint density at radius 3 is 2.86 bits per heavy atom. The normalized spacial score (nSPS) is 13.6. The summed E-state index contributed by atoms with van der Waals surface area (Å²) < 4.78 is 10.5. The number of aromatic amines is 1. The molecule has 3 aromatic rings. The number of carbonyl (C=O) groups is 2. The number of hydrogen-bond acceptors (Lipinski definition) is 6. The van der Waals surface area contributed by atoms with E-state index in [-0.39, 0.29) is 12.7 Å². The second-order valence-corrected chi connectivity index (χ2v) is 6.28. The summed E-state index contributed by atoms with van der Waals surface area (Å²) in [6, 6.07) is 11.4. The molecular weight excluding hydrogens is 376 g/mol. The molecule has 0 spiro atoms. The summed E-state index contributed by atoms with van der Waals surface area (Å²) in [6.07, 6.45) is 2.84. The fourth-order valence-corrected chi connectivity index (χ4v) is 2.82. The molecule has 0 fully saturated rings. The van der Waals surface area contributed by atoms with E-state index >= 15 is 0 Å². The molecular formula is C20H18N4O5. The van der Waals surface area contributed by atoms with Crippen LogP contribution < -0.4 is 20.1 Å². The maximum Gasteiger partial charge on any atom is 0.251 e. The van der Waals surface area contributed by atoms with Gasteiger partial charge in [0, 0.05) is 6.08 Å². The number of nitrogens with zero attached hydrogens (tertiary/aromatic N) is 1. The van der Waals surface area contributed by atoms with Crippen LogP contribution in [-0.2, 0) is 9.59 Å². The Bertz CT molecular complexity index is 1060. The van der Waals surface area contributed by atoms with Crippen molar-refractivity contribution in [3.8, 4) is 11.5 Å². The van der Waals surface area contributed by atoms with Crippen molar-refractivity contribution in [2.24, 2.45) is 0 Å². The van der Waals surface area contributed by atoms with Gasteiger partial charge >= 0.3 is 0 Å². The van der Waals surface area contributed by atoms with Crippen molar-refractivity contribution in [3.05, 3.63) is 54.1 Å². The molecule has 4 N–H and O–H groups in total. The minimum absolute atomic E-state index is 0.168. The van der Waals surface area contributed by atoms with Crippen LogP contribution in [0.4, 0.5) is 5.95 Å². The molecule has 1 aromatic heterocycles. The Morgan fingerprint density at radius 2 is 2.03 bits per heavy atom. The molecule has 9 nitrogen and oxygen atoms in total. The minimum Gasteiger partial charge on any atom is -0.454 e. The van der Waals surface area contributed by atoms with Crippen molar-refractivity contribution in [3.63, 3.8) is 0 Å². The molecule has 0 aliphatic carbocycles. The molecule has 2 aromatic carbocycles. The first-order valence-corrected chi connectivity index (χ1v) is 8.87. The van der Waals surface area contributed by atoms with Crippen LogP contribution in [0, 0.1) is 0 Å². The number of hydrogen-bond donors (Lipinski definition) is 4. The van der Waals surface area contributed by atoms with Crippen molar-refractivity contribution in [1.29, 1.82) is 0 Å².